The highest BCUT2D eigenvalue weighted by molar-refractivity contribution is 6.39. The summed E-state index contributed by atoms with van der Waals surface area (Å²) in [6, 6.07) is 6.11. The van der Waals surface area contributed by atoms with Crippen molar-refractivity contribution in [2.45, 2.75) is 32.2 Å². The van der Waals surface area contributed by atoms with Crippen LogP contribution in [0.25, 0.3) is 0 Å². The molecule has 0 amide bonds. The second-order valence-electron chi connectivity index (χ2n) is 4.86. The molecule has 2 rings (SSSR count). The predicted molar refractivity (Wildman–Crippen MR) is 79.8 cm³/mol. The Morgan fingerprint density at radius 3 is 2.39 bits per heavy atom. The molecule has 0 bridgehead atoms. The zero-order chi connectivity index (χ0) is 13.0. The van der Waals surface area contributed by atoms with Gasteiger partial charge in [0.2, 0.25) is 0 Å². The van der Waals surface area contributed by atoms with E-state index < -0.39 is 0 Å². The monoisotopic (exact) mass is 286 g/mol. The van der Waals surface area contributed by atoms with Crippen LogP contribution < -0.4 is 5.32 Å². The zero-order valence-corrected chi connectivity index (χ0v) is 12.3. The highest BCUT2D eigenvalue weighted by atomic mass is 35.5. The Kier molecular flexibility index (Phi) is 5.16. The van der Waals surface area contributed by atoms with E-state index in [9.17, 15) is 0 Å². The maximum absolute atomic E-state index is 6.17. The van der Waals surface area contributed by atoms with E-state index in [-0.39, 0.29) is 0 Å². The van der Waals surface area contributed by atoms with Crippen LogP contribution in [-0.4, -0.2) is 30.6 Å². The van der Waals surface area contributed by atoms with Crippen LogP contribution in [0.2, 0.25) is 10.0 Å². The highest BCUT2D eigenvalue weighted by Gasteiger charge is 2.19. The molecule has 1 fully saturated rings. The molecule has 0 atom stereocenters. The summed E-state index contributed by atoms with van der Waals surface area (Å²) in [5.41, 5.74) is 0.884. The molecule has 0 aliphatic carbocycles. The summed E-state index contributed by atoms with van der Waals surface area (Å²) in [6.07, 6.45) is 3.54. The average molecular weight is 287 g/mol. The molecule has 0 aromatic heterocycles. The van der Waals surface area contributed by atoms with E-state index in [4.69, 9.17) is 23.2 Å². The fourth-order valence-corrected chi connectivity index (χ4v) is 2.96. The summed E-state index contributed by atoms with van der Waals surface area (Å²) >= 11 is 12.3. The number of likely N-dealkylation sites (tertiary alicyclic amines) is 1. The number of halogens is 2. The first kappa shape index (κ1) is 14.0. The Morgan fingerprint density at radius 1 is 1.22 bits per heavy atom. The van der Waals surface area contributed by atoms with Crippen molar-refractivity contribution in [3.63, 3.8) is 0 Å². The van der Waals surface area contributed by atoms with Gasteiger partial charge in [-0.2, -0.15) is 0 Å². The Bertz CT molecular complexity index is 367. The van der Waals surface area contributed by atoms with Gasteiger partial charge in [-0.1, -0.05) is 36.2 Å². The van der Waals surface area contributed by atoms with Crippen LogP contribution in [0.1, 0.15) is 26.2 Å². The van der Waals surface area contributed by atoms with Gasteiger partial charge in [0, 0.05) is 19.1 Å². The first-order valence-corrected chi connectivity index (χ1v) is 7.39. The maximum atomic E-state index is 6.17. The van der Waals surface area contributed by atoms with Crippen molar-refractivity contribution in [2.24, 2.45) is 0 Å². The number of benzene rings is 1. The molecule has 0 saturated carbocycles. The van der Waals surface area contributed by atoms with Gasteiger partial charge in [-0.15, -0.1) is 0 Å². The molecule has 1 N–H and O–H groups in total. The van der Waals surface area contributed by atoms with Crippen LogP contribution in [0.15, 0.2) is 18.2 Å². The highest BCUT2D eigenvalue weighted by Crippen LogP contribution is 2.31. The standard InChI is InChI=1S/C14H20Cl2N2/c1-2-8-18-9-6-11(7-10-18)17-14-12(15)4-3-5-13(14)16/h3-5,11,17H,2,6-10H2,1H3. The average Bonchev–Trinajstić information content (AvgIpc) is 2.36. The van der Waals surface area contributed by atoms with Gasteiger partial charge in [0.05, 0.1) is 15.7 Å². The van der Waals surface area contributed by atoms with Crippen molar-refractivity contribution in [3.8, 4) is 0 Å². The topological polar surface area (TPSA) is 15.3 Å². The largest absolute Gasteiger partial charge is 0.380 e. The van der Waals surface area contributed by atoms with Gasteiger partial charge in [-0.3, -0.25) is 0 Å². The summed E-state index contributed by atoms with van der Waals surface area (Å²) in [4.78, 5) is 2.52. The second kappa shape index (κ2) is 6.65. The van der Waals surface area contributed by atoms with Gasteiger partial charge in [0.1, 0.15) is 0 Å². The SMILES string of the molecule is CCCN1CCC(Nc2c(Cl)cccc2Cl)CC1. The fraction of sp³-hybridized carbons (Fsp3) is 0.571. The van der Waals surface area contributed by atoms with E-state index in [0.29, 0.717) is 16.1 Å². The van der Waals surface area contributed by atoms with Gasteiger partial charge >= 0.3 is 0 Å². The normalized spacial score (nSPS) is 17.9. The summed E-state index contributed by atoms with van der Waals surface area (Å²) in [6.45, 7) is 5.76. The molecule has 100 valence electrons. The van der Waals surface area contributed by atoms with Crippen molar-refractivity contribution in [1.29, 1.82) is 0 Å². The fourth-order valence-electron chi connectivity index (χ4n) is 2.46. The Balaban J connectivity index is 1.92. The number of piperidine rings is 1. The summed E-state index contributed by atoms with van der Waals surface area (Å²) < 4.78 is 0. The van der Waals surface area contributed by atoms with Gasteiger partial charge in [-0.25, -0.2) is 0 Å². The summed E-state index contributed by atoms with van der Waals surface area (Å²) in [7, 11) is 0. The second-order valence-corrected chi connectivity index (χ2v) is 5.67. The maximum Gasteiger partial charge on any atom is 0.0721 e. The number of hydrogen-bond donors (Lipinski definition) is 1. The van der Waals surface area contributed by atoms with E-state index >= 15 is 0 Å². The Morgan fingerprint density at radius 2 is 1.83 bits per heavy atom. The molecule has 18 heavy (non-hydrogen) atoms. The predicted octanol–water partition coefficient (Wildman–Crippen LogP) is 4.28. The van der Waals surface area contributed by atoms with Crippen LogP contribution in [0, 0.1) is 0 Å². The summed E-state index contributed by atoms with van der Waals surface area (Å²) in [5.74, 6) is 0. The van der Waals surface area contributed by atoms with E-state index in [2.05, 4.69) is 17.1 Å². The van der Waals surface area contributed by atoms with Crippen molar-refractivity contribution < 1.29 is 0 Å². The lowest BCUT2D eigenvalue weighted by Crippen LogP contribution is -2.39. The lowest BCUT2D eigenvalue weighted by Gasteiger charge is -2.33. The molecular weight excluding hydrogens is 267 g/mol. The van der Waals surface area contributed by atoms with E-state index in [0.717, 1.165) is 31.6 Å². The van der Waals surface area contributed by atoms with Gasteiger partial charge in [0.15, 0.2) is 0 Å². The first-order valence-electron chi connectivity index (χ1n) is 6.63. The third kappa shape index (κ3) is 3.53. The Labute approximate surface area is 119 Å². The first-order chi connectivity index (χ1) is 8.70. The minimum atomic E-state index is 0.482. The smallest absolute Gasteiger partial charge is 0.0721 e. The molecule has 1 aromatic rings. The summed E-state index contributed by atoms with van der Waals surface area (Å²) in [5, 5.41) is 4.90. The van der Waals surface area contributed by atoms with Gasteiger partial charge in [-0.05, 0) is 37.9 Å². The van der Waals surface area contributed by atoms with Crippen LogP contribution in [0.3, 0.4) is 0 Å². The van der Waals surface area contributed by atoms with Gasteiger partial charge < -0.3 is 10.2 Å². The molecule has 1 aliphatic rings. The number of hydrogen-bond acceptors (Lipinski definition) is 2. The number of nitrogens with zero attached hydrogens (tertiary/aromatic N) is 1. The number of para-hydroxylation sites is 1. The number of anilines is 1. The molecule has 0 radical (unpaired) electrons. The molecule has 1 heterocycles. The minimum Gasteiger partial charge on any atom is -0.380 e. The van der Waals surface area contributed by atoms with E-state index in [1.54, 1.807) is 0 Å². The third-order valence-corrected chi connectivity index (χ3v) is 4.07. The van der Waals surface area contributed by atoms with Crippen LogP contribution >= 0.6 is 23.2 Å². The lowest BCUT2D eigenvalue weighted by molar-refractivity contribution is 0.219. The van der Waals surface area contributed by atoms with Gasteiger partial charge in [0.25, 0.3) is 0 Å². The molecule has 2 nitrogen and oxygen atoms in total. The molecular formula is C14H20Cl2N2. The Hall–Kier alpha value is -0.440. The van der Waals surface area contributed by atoms with Crippen LogP contribution in [0.5, 0.6) is 0 Å². The third-order valence-electron chi connectivity index (χ3n) is 3.44. The van der Waals surface area contributed by atoms with Crippen molar-refractivity contribution >= 4 is 28.9 Å². The molecule has 1 aliphatic heterocycles. The number of nitrogens with one attached hydrogen (secondary N) is 1. The van der Waals surface area contributed by atoms with E-state index in [1.807, 2.05) is 18.2 Å². The van der Waals surface area contributed by atoms with Crippen molar-refractivity contribution in [3.05, 3.63) is 28.2 Å². The van der Waals surface area contributed by atoms with E-state index in [1.165, 1.54) is 13.0 Å². The number of rotatable bonds is 4. The molecule has 1 aromatic carbocycles. The zero-order valence-electron chi connectivity index (χ0n) is 10.8. The van der Waals surface area contributed by atoms with Crippen molar-refractivity contribution in [2.75, 3.05) is 25.0 Å². The van der Waals surface area contributed by atoms with Crippen LogP contribution in [0.4, 0.5) is 5.69 Å². The lowest BCUT2D eigenvalue weighted by atomic mass is 10.0. The minimum absolute atomic E-state index is 0.482. The molecule has 0 spiro atoms. The van der Waals surface area contributed by atoms with Crippen molar-refractivity contribution in [1.82, 2.24) is 4.90 Å². The quantitative estimate of drug-likeness (QED) is 0.889. The van der Waals surface area contributed by atoms with Crippen LogP contribution in [-0.2, 0) is 0 Å². The molecule has 1 saturated heterocycles. The molecule has 0 unspecified atom stereocenters. The molecule has 4 heteroatoms.